The van der Waals surface area contributed by atoms with Gasteiger partial charge in [0.2, 0.25) is 0 Å². The first-order valence-electron chi connectivity index (χ1n) is 6.58. The van der Waals surface area contributed by atoms with E-state index in [2.05, 4.69) is 28.8 Å². The summed E-state index contributed by atoms with van der Waals surface area (Å²) in [5, 5.41) is 5.60. The molecule has 18 heavy (non-hydrogen) atoms. The zero-order valence-electron chi connectivity index (χ0n) is 10.3. The average Bonchev–Trinajstić information content (AvgIpc) is 2.81. The van der Waals surface area contributed by atoms with Gasteiger partial charge in [-0.05, 0) is 24.0 Å². The summed E-state index contributed by atoms with van der Waals surface area (Å²) < 4.78 is 5.48. The quantitative estimate of drug-likeness (QED) is 0.756. The first kappa shape index (κ1) is 10.3. The molecule has 2 aromatic rings. The number of rotatable bonds is 2. The van der Waals surface area contributed by atoms with Crippen LogP contribution in [-0.2, 0) is 0 Å². The molecule has 3 heteroatoms. The van der Waals surface area contributed by atoms with Gasteiger partial charge in [0, 0.05) is 30.9 Å². The fourth-order valence-corrected chi connectivity index (χ4v) is 3.61. The molecular formula is C15H16N2O. The summed E-state index contributed by atoms with van der Waals surface area (Å²) >= 11 is 0. The van der Waals surface area contributed by atoms with Crippen molar-refractivity contribution in [3.8, 4) is 0 Å². The van der Waals surface area contributed by atoms with Gasteiger partial charge < -0.3 is 4.52 Å². The molecule has 92 valence electrons. The molecule has 1 aromatic carbocycles. The summed E-state index contributed by atoms with van der Waals surface area (Å²) in [7, 11) is 0. The van der Waals surface area contributed by atoms with Crippen molar-refractivity contribution in [1.82, 2.24) is 10.1 Å². The van der Waals surface area contributed by atoms with Crippen LogP contribution in [0, 0.1) is 0 Å². The lowest BCUT2D eigenvalue weighted by molar-refractivity contribution is 0.198. The SMILES string of the molecule is C=CCN1CC2CC(C1)c1noc3cccc2c13. The van der Waals surface area contributed by atoms with Gasteiger partial charge in [0.1, 0.15) is 0 Å². The molecule has 4 rings (SSSR count). The van der Waals surface area contributed by atoms with Crippen LogP contribution in [-0.4, -0.2) is 29.7 Å². The average molecular weight is 240 g/mol. The largest absolute Gasteiger partial charge is 0.356 e. The van der Waals surface area contributed by atoms with Crippen LogP contribution in [0.15, 0.2) is 35.4 Å². The maximum absolute atomic E-state index is 5.48. The predicted octanol–water partition coefficient (Wildman–Crippen LogP) is 2.90. The lowest BCUT2D eigenvalue weighted by Crippen LogP contribution is -2.40. The van der Waals surface area contributed by atoms with Crippen molar-refractivity contribution in [1.29, 1.82) is 0 Å². The number of nitrogens with zero attached hydrogens (tertiary/aromatic N) is 2. The second-order valence-electron chi connectivity index (χ2n) is 5.42. The van der Waals surface area contributed by atoms with E-state index < -0.39 is 0 Å². The summed E-state index contributed by atoms with van der Waals surface area (Å²) in [4.78, 5) is 2.47. The third-order valence-corrected chi connectivity index (χ3v) is 4.30. The standard InChI is InChI=1S/C15H16N2O/c1-2-6-17-8-10-7-11(9-17)15-14-12(10)4-3-5-13(14)18-16-15/h2-5,10-11H,1,6-9H2. The molecule has 3 nitrogen and oxygen atoms in total. The van der Waals surface area contributed by atoms with E-state index in [1.54, 1.807) is 0 Å². The molecule has 0 radical (unpaired) electrons. The molecule has 2 bridgehead atoms. The Balaban J connectivity index is 1.86. The van der Waals surface area contributed by atoms with E-state index in [0.29, 0.717) is 11.8 Å². The van der Waals surface area contributed by atoms with E-state index in [4.69, 9.17) is 4.52 Å². The number of aromatic nitrogens is 1. The first-order valence-corrected chi connectivity index (χ1v) is 6.58. The number of piperidine rings is 1. The molecule has 0 N–H and O–H groups in total. The van der Waals surface area contributed by atoms with Gasteiger partial charge in [0.25, 0.3) is 0 Å². The van der Waals surface area contributed by atoms with E-state index in [1.807, 2.05) is 12.1 Å². The van der Waals surface area contributed by atoms with Crippen LogP contribution in [0.5, 0.6) is 0 Å². The molecule has 0 saturated carbocycles. The Hall–Kier alpha value is -1.61. The van der Waals surface area contributed by atoms with E-state index in [1.165, 1.54) is 23.1 Å². The van der Waals surface area contributed by atoms with Crippen LogP contribution >= 0.6 is 0 Å². The second kappa shape index (κ2) is 3.69. The van der Waals surface area contributed by atoms with Gasteiger partial charge in [-0.2, -0.15) is 0 Å². The Bertz CT molecular complexity index is 616. The lowest BCUT2D eigenvalue weighted by atomic mass is 9.76. The monoisotopic (exact) mass is 240 g/mol. The molecule has 2 atom stereocenters. The smallest absolute Gasteiger partial charge is 0.167 e. The maximum Gasteiger partial charge on any atom is 0.167 e. The highest BCUT2D eigenvalue weighted by atomic mass is 16.5. The van der Waals surface area contributed by atoms with E-state index in [9.17, 15) is 0 Å². The summed E-state index contributed by atoms with van der Waals surface area (Å²) in [5.41, 5.74) is 3.55. The number of benzene rings is 1. The Morgan fingerprint density at radius 2 is 2.28 bits per heavy atom. The van der Waals surface area contributed by atoms with Gasteiger partial charge >= 0.3 is 0 Å². The first-order chi connectivity index (χ1) is 8.86. The summed E-state index contributed by atoms with van der Waals surface area (Å²) in [6, 6.07) is 6.35. The second-order valence-corrected chi connectivity index (χ2v) is 5.42. The van der Waals surface area contributed by atoms with Crippen molar-refractivity contribution < 1.29 is 4.52 Å². The molecule has 0 amide bonds. The third kappa shape index (κ3) is 1.31. The predicted molar refractivity (Wildman–Crippen MR) is 70.7 cm³/mol. The lowest BCUT2D eigenvalue weighted by Gasteiger charge is -2.39. The minimum absolute atomic E-state index is 0.528. The highest BCUT2D eigenvalue weighted by Crippen LogP contribution is 2.45. The van der Waals surface area contributed by atoms with Crippen LogP contribution < -0.4 is 0 Å². The van der Waals surface area contributed by atoms with E-state index >= 15 is 0 Å². The molecule has 1 saturated heterocycles. The Kier molecular flexibility index (Phi) is 2.12. The van der Waals surface area contributed by atoms with E-state index in [-0.39, 0.29) is 0 Å². The molecular weight excluding hydrogens is 224 g/mol. The maximum atomic E-state index is 5.48. The molecule has 2 aliphatic rings. The fraction of sp³-hybridized carbons (Fsp3) is 0.400. The van der Waals surface area contributed by atoms with Gasteiger partial charge in [-0.3, -0.25) is 4.90 Å². The highest BCUT2D eigenvalue weighted by Gasteiger charge is 2.37. The summed E-state index contributed by atoms with van der Waals surface area (Å²) in [6.45, 7) is 7.03. The molecule has 1 fully saturated rings. The van der Waals surface area contributed by atoms with Crippen LogP contribution in [0.4, 0.5) is 0 Å². The van der Waals surface area contributed by atoms with E-state index in [0.717, 1.165) is 25.2 Å². The Labute approximate surface area is 106 Å². The zero-order chi connectivity index (χ0) is 12.1. The minimum atomic E-state index is 0.528. The summed E-state index contributed by atoms with van der Waals surface area (Å²) in [5.74, 6) is 1.15. The van der Waals surface area contributed by atoms with Gasteiger partial charge in [-0.25, -0.2) is 0 Å². The normalized spacial score (nSPS) is 26.4. The van der Waals surface area contributed by atoms with Crippen LogP contribution in [0.1, 0.15) is 29.5 Å². The number of hydrogen-bond donors (Lipinski definition) is 0. The Morgan fingerprint density at radius 3 is 3.17 bits per heavy atom. The van der Waals surface area contributed by atoms with Gasteiger partial charge in [-0.1, -0.05) is 23.4 Å². The molecule has 1 aliphatic carbocycles. The highest BCUT2D eigenvalue weighted by molar-refractivity contribution is 5.85. The number of fused-ring (bicyclic) bond motifs is 4. The minimum Gasteiger partial charge on any atom is -0.356 e. The van der Waals surface area contributed by atoms with Crippen LogP contribution in [0.3, 0.4) is 0 Å². The number of hydrogen-bond acceptors (Lipinski definition) is 3. The van der Waals surface area contributed by atoms with Gasteiger partial charge in [0.15, 0.2) is 5.58 Å². The van der Waals surface area contributed by atoms with Gasteiger partial charge in [0.05, 0.1) is 5.69 Å². The van der Waals surface area contributed by atoms with Crippen molar-refractivity contribution >= 4 is 11.0 Å². The molecule has 2 unspecified atom stereocenters. The molecule has 1 aliphatic heterocycles. The Morgan fingerprint density at radius 1 is 1.39 bits per heavy atom. The molecule has 2 heterocycles. The van der Waals surface area contributed by atoms with Crippen molar-refractivity contribution in [2.75, 3.05) is 19.6 Å². The summed E-state index contributed by atoms with van der Waals surface area (Å²) in [6.07, 6.45) is 3.21. The van der Waals surface area contributed by atoms with Crippen molar-refractivity contribution in [3.05, 3.63) is 42.1 Å². The van der Waals surface area contributed by atoms with Gasteiger partial charge in [-0.15, -0.1) is 6.58 Å². The fourth-order valence-electron chi connectivity index (χ4n) is 3.61. The molecule has 0 spiro atoms. The zero-order valence-corrected chi connectivity index (χ0v) is 10.3. The van der Waals surface area contributed by atoms with Crippen LogP contribution in [0.2, 0.25) is 0 Å². The third-order valence-electron chi connectivity index (χ3n) is 4.30. The van der Waals surface area contributed by atoms with Crippen LogP contribution in [0.25, 0.3) is 11.0 Å². The van der Waals surface area contributed by atoms with Crippen molar-refractivity contribution in [2.24, 2.45) is 0 Å². The molecule has 1 aromatic heterocycles. The van der Waals surface area contributed by atoms with Crippen molar-refractivity contribution in [3.63, 3.8) is 0 Å². The number of likely N-dealkylation sites (tertiary alicyclic amines) is 1. The van der Waals surface area contributed by atoms with Crippen molar-refractivity contribution in [2.45, 2.75) is 18.3 Å². The topological polar surface area (TPSA) is 29.3 Å².